The maximum absolute atomic E-state index is 13.5. The van der Waals surface area contributed by atoms with Crippen LogP contribution in [0.5, 0.6) is 5.75 Å². The Morgan fingerprint density at radius 1 is 1.15 bits per heavy atom. The number of nitrogens with zero attached hydrogens (tertiary/aromatic N) is 1. The predicted octanol–water partition coefficient (Wildman–Crippen LogP) is 3.35. The van der Waals surface area contributed by atoms with Crippen LogP contribution in [0.15, 0.2) is 53.7 Å². The second kappa shape index (κ2) is 9.07. The summed E-state index contributed by atoms with van der Waals surface area (Å²) in [6.45, 7) is 4.11. The smallest absolute Gasteiger partial charge is 0.191 e. The van der Waals surface area contributed by atoms with Gasteiger partial charge >= 0.3 is 0 Å². The summed E-state index contributed by atoms with van der Waals surface area (Å²) >= 11 is 0. The average molecular weight is 368 g/mol. The monoisotopic (exact) mass is 368 g/mol. The zero-order valence-electron chi connectivity index (χ0n) is 15.4. The van der Waals surface area contributed by atoms with E-state index in [4.69, 9.17) is 0 Å². The number of rotatable bonds is 7. The molecule has 0 saturated carbocycles. The third-order valence-electron chi connectivity index (χ3n) is 4.34. The van der Waals surface area contributed by atoms with E-state index in [0.29, 0.717) is 13.1 Å². The van der Waals surface area contributed by atoms with Crippen molar-refractivity contribution in [3.8, 4) is 5.75 Å². The maximum atomic E-state index is 13.5. The van der Waals surface area contributed by atoms with Gasteiger partial charge in [-0.1, -0.05) is 12.1 Å². The standard InChI is InChI=1S/C21H25FN4O/c1-2-23-21(24-10-8-15-4-3-5-18(27)12-15)25-11-9-16-14-26-20-7-6-17(22)13-19(16)20/h3-7,12-14,26-27H,2,8-11H2,1H3,(H2,23,24,25). The first-order chi connectivity index (χ1) is 13.2. The third-order valence-corrected chi connectivity index (χ3v) is 4.34. The van der Waals surface area contributed by atoms with E-state index in [0.717, 1.165) is 47.4 Å². The Bertz CT molecular complexity index is 919. The van der Waals surface area contributed by atoms with Gasteiger partial charge in [0.05, 0.1) is 0 Å². The van der Waals surface area contributed by atoms with E-state index in [-0.39, 0.29) is 11.6 Å². The number of fused-ring (bicyclic) bond motifs is 1. The molecule has 0 unspecified atom stereocenters. The molecule has 3 rings (SSSR count). The average Bonchev–Trinajstić information content (AvgIpc) is 3.04. The minimum atomic E-state index is -0.228. The van der Waals surface area contributed by atoms with E-state index in [2.05, 4.69) is 20.6 Å². The number of benzene rings is 2. The Morgan fingerprint density at radius 3 is 2.85 bits per heavy atom. The van der Waals surface area contributed by atoms with Crippen molar-refractivity contribution in [2.24, 2.45) is 4.99 Å². The number of aromatic nitrogens is 1. The number of hydrogen-bond donors (Lipinski definition) is 4. The Balaban J connectivity index is 1.55. The Labute approximate surface area is 158 Å². The number of hydrogen-bond acceptors (Lipinski definition) is 2. The summed E-state index contributed by atoms with van der Waals surface area (Å²) in [5.41, 5.74) is 3.06. The van der Waals surface area contributed by atoms with Gasteiger partial charge in [-0.2, -0.15) is 0 Å². The number of phenols is 1. The lowest BCUT2D eigenvalue weighted by atomic mass is 10.1. The second-order valence-corrected chi connectivity index (χ2v) is 6.36. The quantitative estimate of drug-likeness (QED) is 0.382. The molecule has 27 heavy (non-hydrogen) atoms. The van der Waals surface area contributed by atoms with Crippen molar-refractivity contribution in [3.05, 3.63) is 65.6 Å². The van der Waals surface area contributed by atoms with Crippen LogP contribution in [0.4, 0.5) is 4.39 Å². The second-order valence-electron chi connectivity index (χ2n) is 6.36. The molecule has 0 aliphatic heterocycles. The van der Waals surface area contributed by atoms with Gasteiger partial charge in [0, 0.05) is 36.7 Å². The van der Waals surface area contributed by atoms with Gasteiger partial charge in [0.2, 0.25) is 0 Å². The molecule has 0 aliphatic rings. The van der Waals surface area contributed by atoms with E-state index >= 15 is 0 Å². The van der Waals surface area contributed by atoms with Crippen LogP contribution >= 0.6 is 0 Å². The molecule has 0 fully saturated rings. The lowest BCUT2D eigenvalue weighted by Crippen LogP contribution is -2.38. The fourth-order valence-corrected chi connectivity index (χ4v) is 3.02. The number of aromatic hydroxyl groups is 1. The van der Waals surface area contributed by atoms with Crippen LogP contribution in [0.3, 0.4) is 0 Å². The first-order valence-corrected chi connectivity index (χ1v) is 9.21. The number of H-pyrrole nitrogens is 1. The van der Waals surface area contributed by atoms with Gasteiger partial charge in [-0.3, -0.25) is 4.99 Å². The topological polar surface area (TPSA) is 72.4 Å². The minimum Gasteiger partial charge on any atom is -0.508 e. The number of halogens is 1. The van der Waals surface area contributed by atoms with Gasteiger partial charge in [-0.15, -0.1) is 0 Å². The fourth-order valence-electron chi connectivity index (χ4n) is 3.02. The lowest BCUT2D eigenvalue weighted by molar-refractivity contribution is 0.474. The molecule has 142 valence electrons. The van der Waals surface area contributed by atoms with Crippen LogP contribution in [0.2, 0.25) is 0 Å². The first kappa shape index (κ1) is 18.8. The molecule has 0 spiro atoms. The molecule has 0 aliphatic carbocycles. The van der Waals surface area contributed by atoms with Gasteiger partial charge in [0.25, 0.3) is 0 Å². The van der Waals surface area contributed by atoms with Crippen molar-refractivity contribution in [2.75, 3.05) is 19.6 Å². The molecule has 0 saturated heterocycles. The van der Waals surface area contributed by atoms with Crippen molar-refractivity contribution in [1.29, 1.82) is 0 Å². The molecule has 1 heterocycles. The normalized spacial score (nSPS) is 11.7. The zero-order chi connectivity index (χ0) is 19.1. The number of nitrogens with one attached hydrogen (secondary N) is 3. The summed E-state index contributed by atoms with van der Waals surface area (Å²) in [6.07, 6.45) is 3.44. The SMILES string of the molecule is CCNC(=NCCc1c[nH]c2ccc(F)cc12)NCCc1cccc(O)c1. The number of aromatic amines is 1. The van der Waals surface area contributed by atoms with Gasteiger partial charge in [0.1, 0.15) is 11.6 Å². The van der Waals surface area contributed by atoms with Crippen LogP contribution in [-0.4, -0.2) is 35.7 Å². The highest BCUT2D eigenvalue weighted by atomic mass is 19.1. The highest BCUT2D eigenvalue weighted by molar-refractivity contribution is 5.83. The number of phenolic OH excluding ortho intramolecular Hbond substituents is 1. The molecule has 0 radical (unpaired) electrons. The molecule has 0 bridgehead atoms. The highest BCUT2D eigenvalue weighted by Crippen LogP contribution is 2.19. The highest BCUT2D eigenvalue weighted by Gasteiger charge is 2.05. The van der Waals surface area contributed by atoms with Gasteiger partial charge in [-0.25, -0.2) is 4.39 Å². The van der Waals surface area contributed by atoms with E-state index in [9.17, 15) is 9.50 Å². The number of aliphatic imine (C=N–C) groups is 1. The summed E-state index contributed by atoms with van der Waals surface area (Å²) in [4.78, 5) is 7.77. The Hall–Kier alpha value is -3.02. The van der Waals surface area contributed by atoms with Crippen molar-refractivity contribution in [1.82, 2.24) is 15.6 Å². The summed E-state index contributed by atoms with van der Waals surface area (Å²) in [5.74, 6) is 0.806. The first-order valence-electron chi connectivity index (χ1n) is 9.21. The van der Waals surface area contributed by atoms with Crippen LogP contribution < -0.4 is 10.6 Å². The van der Waals surface area contributed by atoms with Crippen LogP contribution in [0.1, 0.15) is 18.1 Å². The van der Waals surface area contributed by atoms with Crippen LogP contribution in [-0.2, 0) is 12.8 Å². The molecule has 1 aromatic heterocycles. The van der Waals surface area contributed by atoms with Gasteiger partial charge in [0.15, 0.2) is 5.96 Å². The third kappa shape index (κ3) is 5.23. The van der Waals surface area contributed by atoms with Crippen LogP contribution in [0, 0.1) is 5.82 Å². The van der Waals surface area contributed by atoms with Gasteiger partial charge < -0.3 is 20.7 Å². The summed E-state index contributed by atoms with van der Waals surface area (Å²) in [6, 6.07) is 12.0. The van der Waals surface area contributed by atoms with E-state index in [1.165, 1.54) is 6.07 Å². The summed E-state index contributed by atoms with van der Waals surface area (Å²) in [7, 11) is 0. The Kier molecular flexibility index (Phi) is 6.30. The van der Waals surface area contributed by atoms with Crippen molar-refractivity contribution >= 4 is 16.9 Å². The molecule has 3 aromatic rings. The molecule has 4 N–H and O–H groups in total. The van der Waals surface area contributed by atoms with Gasteiger partial charge in [-0.05, 0) is 61.2 Å². The van der Waals surface area contributed by atoms with E-state index in [1.807, 2.05) is 25.3 Å². The molecule has 5 nitrogen and oxygen atoms in total. The van der Waals surface area contributed by atoms with Crippen molar-refractivity contribution < 1.29 is 9.50 Å². The minimum absolute atomic E-state index is 0.228. The van der Waals surface area contributed by atoms with E-state index in [1.54, 1.807) is 24.3 Å². The molecule has 0 amide bonds. The summed E-state index contributed by atoms with van der Waals surface area (Å²) < 4.78 is 13.5. The fraction of sp³-hybridized carbons (Fsp3) is 0.286. The molecular formula is C21H25FN4O. The predicted molar refractivity (Wildman–Crippen MR) is 108 cm³/mol. The van der Waals surface area contributed by atoms with E-state index < -0.39 is 0 Å². The van der Waals surface area contributed by atoms with Crippen LogP contribution in [0.25, 0.3) is 10.9 Å². The maximum Gasteiger partial charge on any atom is 0.191 e. The zero-order valence-corrected chi connectivity index (χ0v) is 15.4. The largest absolute Gasteiger partial charge is 0.508 e. The molecule has 2 aromatic carbocycles. The molecular weight excluding hydrogens is 343 g/mol. The molecule has 6 heteroatoms. The van der Waals surface area contributed by atoms with Crippen molar-refractivity contribution in [2.45, 2.75) is 19.8 Å². The number of guanidine groups is 1. The Morgan fingerprint density at radius 2 is 2.04 bits per heavy atom. The summed E-state index contributed by atoms with van der Waals surface area (Å²) in [5, 5.41) is 17.0. The van der Waals surface area contributed by atoms with Crippen molar-refractivity contribution in [3.63, 3.8) is 0 Å². The lowest BCUT2D eigenvalue weighted by Gasteiger charge is -2.11. The molecule has 0 atom stereocenters.